The third-order valence-corrected chi connectivity index (χ3v) is 2.63. The number of rotatable bonds is 7. The summed E-state index contributed by atoms with van der Waals surface area (Å²) in [7, 11) is 1.50. The second-order valence-corrected chi connectivity index (χ2v) is 4.39. The Labute approximate surface area is 130 Å². The lowest BCUT2D eigenvalue weighted by atomic mass is 10.1. The number of hydroxylamine groups is 1. The number of nitrogens with one attached hydrogen (secondary N) is 1. The van der Waals surface area contributed by atoms with E-state index in [1.807, 2.05) is 24.3 Å². The zero-order chi connectivity index (χ0) is 16.2. The molecule has 0 aromatic heterocycles. The van der Waals surface area contributed by atoms with E-state index in [1.54, 1.807) is 0 Å². The molecule has 116 valence electrons. The van der Waals surface area contributed by atoms with Crippen molar-refractivity contribution in [2.24, 2.45) is 0 Å². The lowest BCUT2D eigenvalue weighted by molar-refractivity contribution is -0.133. The molecule has 0 spiro atoms. The molecule has 1 unspecified atom stereocenters. The molecule has 1 rings (SSSR count). The molecular weight excluding hydrogens is 282 g/mol. The molecule has 5 nitrogen and oxygen atoms in total. The Hall–Kier alpha value is -2.63. The predicted molar refractivity (Wildman–Crippen MR) is 82.6 cm³/mol. The Bertz CT molecular complexity index is 563. The molecule has 0 heterocycles. The first-order valence-corrected chi connectivity index (χ1v) is 6.76. The molecule has 1 atom stereocenters. The van der Waals surface area contributed by atoms with Gasteiger partial charge in [0.15, 0.2) is 6.61 Å². The number of aryl methyl sites for hydroxylation is 1. The van der Waals surface area contributed by atoms with Gasteiger partial charge in [-0.15, -0.1) is 6.42 Å². The number of amides is 1. The number of terminal acetylenes is 1. The van der Waals surface area contributed by atoms with E-state index < -0.39 is 6.10 Å². The summed E-state index contributed by atoms with van der Waals surface area (Å²) >= 11 is 0. The molecule has 22 heavy (non-hydrogen) atoms. The van der Waals surface area contributed by atoms with E-state index in [0.717, 1.165) is 17.7 Å². The summed E-state index contributed by atoms with van der Waals surface area (Å²) in [5.41, 5.74) is 3.35. The summed E-state index contributed by atoms with van der Waals surface area (Å²) in [6, 6.07) is 7.63. The molecule has 5 heteroatoms. The maximum atomic E-state index is 10.8. The van der Waals surface area contributed by atoms with Crippen LogP contribution in [0.2, 0.25) is 0 Å². The zero-order valence-electron chi connectivity index (χ0n) is 12.7. The van der Waals surface area contributed by atoms with Crippen LogP contribution in [0.3, 0.4) is 0 Å². The summed E-state index contributed by atoms with van der Waals surface area (Å²) < 4.78 is 10.0. The van der Waals surface area contributed by atoms with Crippen LogP contribution in [0.4, 0.5) is 0 Å². The van der Waals surface area contributed by atoms with E-state index in [4.69, 9.17) is 16.0 Å². The van der Waals surface area contributed by atoms with Gasteiger partial charge < -0.3 is 9.47 Å². The Kier molecular flexibility index (Phi) is 8.04. The van der Waals surface area contributed by atoms with Crippen LogP contribution in [0.5, 0.6) is 5.75 Å². The standard InChI is InChI=1S/C17H19NO4/c1-4-16(22-18-14(2)19)9-6-15-7-10-17(11-8-15)21-13-5-12-20-3/h1,7-8,10-11,16H,6,9,13H2,2-3H3,(H,18,19). The van der Waals surface area contributed by atoms with Gasteiger partial charge in [0.1, 0.15) is 18.0 Å². The maximum absolute atomic E-state index is 10.8. The maximum Gasteiger partial charge on any atom is 0.240 e. The van der Waals surface area contributed by atoms with Crippen molar-refractivity contribution in [3.63, 3.8) is 0 Å². The molecule has 0 saturated carbocycles. The first-order valence-electron chi connectivity index (χ1n) is 6.76. The number of hydrogen-bond acceptors (Lipinski definition) is 4. The van der Waals surface area contributed by atoms with E-state index in [2.05, 4.69) is 28.2 Å². The van der Waals surface area contributed by atoms with Crippen LogP contribution in [0.25, 0.3) is 0 Å². The van der Waals surface area contributed by atoms with Gasteiger partial charge in [0, 0.05) is 6.92 Å². The minimum atomic E-state index is -0.454. The second-order valence-electron chi connectivity index (χ2n) is 4.39. The van der Waals surface area contributed by atoms with E-state index in [-0.39, 0.29) is 12.5 Å². The average molecular weight is 301 g/mol. The van der Waals surface area contributed by atoms with Gasteiger partial charge in [-0.2, -0.15) is 0 Å². The van der Waals surface area contributed by atoms with Crippen molar-refractivity contribution >= 4 is 5.91 Å². The molecule has 0 fully saturated rings. The Morgan fingerprint density at radius 1 is 1.36 bits per heavy atom. The minimum Gasteiger partial charge on any atom is -0.481 e. The van der Waals surface area contributed by atoms with Gasteiger partial charge >= 0.3 is 0 Å². The second kappa shape index (κ2) is 10.1. The summed E-state index contributed by atoms with van der Waals surface area (Å²) in [6.07, 6.45) is 8.70. The number of carbonyl (C=O) groups excluding carboxylic acids is 1. The molecule has 1 amide bonds. The fraction of sp³-hybridized carbons (Fsp3) is 0.353. The molecule has 1 N–H and O–H groups in total. The highest BCUT2D eigenvalue weighted by atomic mass is 16.7. The van der Waals surface area contributed by atoms with Crippen molar-refractivity contribution in [1.82, 2.24) is 5.48 Å². The molecule has 0 aliphatic heterocycles. The lowest BCUT2D eigenvalue weighted by Crippen LogP contribution is -2.27. The molecular formula is C17H19NO4. The van der Waals surface area contributed by atoms with Gasteiger partial charge in [0.05, 0.1) is 7.11 Å². The Morgan fingerprint density at radius 3 is 2.68 bits per heavy atom. The minimum absolute atomic E-state index is 0.275. The molecule has 0 aliphatic rings. The van der Waals surface area contributed by atoms with Crippen molar-refractivity contribution in [2.75, 3.05) is 13.7 Å². The van der Waals surface area contributed by atoms with E-state index in [9.17, 15) is 4.79 Å². The van der Waals surface area contributed by atoms with Crippen LogP contribution < -0.4 is 10.2 Å². The predicted octanol–water partition coefficient (Wildman–Crippen LogP) is 1.67. The van der Waals surface area contributed by atoms with Crippen molar-refractivity contribution in [3.05, 3.63) is 29.8 Å². The fourth-order valence-electron chi connectivity index (χ4n) is 1.60. The van der Waals surface area contributed by atoms with Crippen molar-refractivity contribution < 1.29 is 19.1 Å². The number of carbonyl (C=O) groups is 1. The van der Waals surface area contributed by atoms with Crippen LogP contribution in [-0.2, 0) is 20.8 Å². The van der Waals surface area contributed by atoms with Gasteiger partial charge in [0.25, 0.3) is 0 Å². The highest BCUT2D eigenvalue weighted by Crippen LogP contribution is 2.14. The van der Waals surface area contributed by atoms with Gasteiger partial charge in [0.2, 0.25) is 5.91 Å². The van der Waals surface area contributed by atoms with Crippen LogP contribution in [0.15, 0.2) is 24.3 Å². The smallest absolute Gasteiger partial charge is 0.240 e. The van der Waals surface area contributed by atoms with Crippen LogP contribution in [0, 0.1) is 24.4 Å². The number of methoxy groups -OCH3 is 1. The third kappa shape index (κ3) is 7.23. The fourth-order valence-corrected chi connectivity index (χ4v) is 1.60. The number of hydrogen-bond donors (Lipinski definition) is 1. The van der Waals surface area contributed by atoms with Crippen LogP contribution >= 0.6 is 0 Å². The SMILES string of the molecule is C#CC(CCc1ccc(OCC#COC)cc1)ONC(C)=O. The summed E-state index contributed by atoms with van der Waals surface area (Å²) in [6.45, 7) is 1.64. The van der Waals surface area contributed by atoms with Crippen LogP contribution in [-0.4, -0.2) is 25.7 Å². The summed E-state index contributed by atoms with van der Waals surface area (Å²) in [5, 5.41) is 0. The lowest BCUT2D eigenvalue weighted by Gasteiger charge is -2.11. The average Bonchev–Trinajstić information content (AvgIpc) is 2.53. The van der Waals surface area contributed by atoms with Crippen molar-refractivity contribution in [3.8, 4) is 30.1 Å². The monoisotopic (exact) mass is 301 g/mol. The summed E-state index contributed by atoms with van der Waals surface area (Å²) in [4.78, 5) is 15.9. The zero-order valence-corrected chi connectivity index (χ0v) is 12.7. The largest absolute Gasteiger partial charge is 0.481 e. The normalized spacial score (nSPS) is 10.6. The van der Waals surface area contributed by atoms with E-state index in [0.29, 0.717) is 6.42 Å². The molecule has 0 bridgehead atoms. The van der Waals surface area contributed by atoms with Gasteiger partial charge in [-0.25, -0.2) is 5.48 Å². The van der Waals surface area contributed by atoms with Gasteiger partial charge in [-0.05, 0) is 36.5 Å². The summed E-state index contributed by atoms with van der Waals surface area (Å²) in [5.74, 6) is 5.65. The van der Waals surface area contributed by atoms with Crippen molar-refractivity contribution in [2.45, 2.75) is 25.9 Å². The molecule has 0 saturated heterocycles. The third-order valence-electron chi connectivity index (χ3n) is 2.63. The quantitative estimate of drug-likeness (QED) is 0.615. The van der Waals surface area contributed by atoms with Crippen molar-refractivity contribution in [1.29, 1.82) is 0 Å². The first-order chi connectivity index (χ1) is 10.7. The van der Waals surface area contributed by atoms with E-state index >= 15 is 0 Å². The van der Waals surface area contributed by atoms with Gasteiger partial charge in [-0.3, -0.25) is 9.63 Å². The first kappa shape index (κ1) is 17.4. The highest BCUT2D eigenvalue weighted by Gasteiger charge is 2.07. The highest BCUT2D eigenvalue weighted by molar-refractivity contribution is 5.71. The van der Waals surface area contributed by atoms with E-state index in [1.165, 1.54) is 14.0 Å². The molecule has 0 radical (unpaired) electrons. The Balaban J connectivity index is 2.40. The molecule has 1 aromatic rings. The molecule has 0 aliphatic carbocycles. The Morgan fingerprint density at radius 2 is 2.09 bits per heavy atom. The number of benzene rings is 1. The number of ether oxygens (including phenoxy) is 2. The van der Waals surface area contributed by atoms with Crippen LogP contribution in [0.1, 0.15) is 18.9 Å². The topological polar surface area (TPSA) is 56.8 Å². The van der Waals surface area contributed by atoms with Gasteiger partial charge in [-0.1, -0.05) is 18.1 Å². The molecule has 1 aromatic carbocycles.